The van der Waals surface area contributed by atoms with Crippen molar-refractivity contribution in [2.24, 2.45) is 0 Å². The van der Waals surface area contributed by atoms with Gasteiger partial charge in [0.05, 0.1) is 20.7 Å². The fourth-order valence-corrected chi connectivity index (χ4v) is 4.06. The minimum Gasteiger partial charge on any atom is -0.258 e. The SMILES string of the molecule is CC.Cc1cc2c([N+](=O)[O-])cccc2n1S(=O)(=O)c1ccccc1. The first-order chi connectivity index (χ1) is 11.4. The second-order valence-electron chi connectivity index (χ2n) is 4.84. The van der Waals surface area contributed by atoms with Crippen molar-refractivity contribution in [2.45, 2.75) is 25.7 Å². The smallest absolute Gasteiger partial charge is 0.258 e. The third-order valence-electron chi connectivity index (χ3n) is 3.43. The highest BCUT2D eigenvalue weighted by molar-refractivity contribution is 7.90. The number of benzene rings is 2. The summed E-state index contributed by atoms with van der Waals surface area (Å²) in [5, 5.41) is 11.4. The fraction of sp³-hybridized carbons (Fsp3) is 0.176. The normalized spacial score (nSPS) is 11.0. The molecule has 0 bridgehead atoms. The summed E-state index contributed by atoms with van der Waals surface area (Å²) in [4.78, 5) is 10.7. The van der Waals surface area contributed by atoms with E-state index in [0.29, 0.717) is 16.6 Å². The molecule has 0 saturated heterocycles. The Morgan fingerprint density at radius 2 is 1.62 bits per heavy atom. The quantitative estimate of drug-likeness (QED) is 0.527. The topological polar surface area (TPSA) is 82.2 Å². The van der Waals surface area contributed by atoms with Crippen molar-refractivity contribution < 1.29 is 13.3 Å². The molecule has 0 N–H and O–H groups in total. The van der Waals surface area contributed by atoms with Crippen LogP contribution in [0.1, 0.15) is 19.5 Å². The zero-order valence-electron chi connectivity index (χ0n) is 13.6. The van der Waals surface area contributed by atoms with E-state index in [1.807, 2.05) is 13.8 Å². The van der Waals surface area contributed by atoms with Crippen molar-refractivity contribution in [3.63, 3.8) is 0 Å². The Kier molecular flexibility index (Phi) is 5.04. The number of aryl methyl sites for hydroxylation is 1. The Bertz CT molecular complexity index is 976. The molecule has 0 atom stereocenters. The first-order valence-electron chi connectivity index (χ1n) is 7.49. The van der Waals surface area contributed by atoms with Crippen LogP contribution in [0.3, 0.4) is 0 Å². The minimum absolute atomic E-state index is 0.109. The molecule has 6 nitrogen and oxygen atoms in total. The zero-order chi connectivity index (χ0) is 17.9. The number of non-ortho nitro benzene ring substituents is 1. The minimum atomic E-state index is -3.80. The van der Waals surface area contributed by atoms with Gasteiger partial charge in [-0.15, -0.1) is 0 Å². The summed E-state index contributed by atoms with van der Waals surface area (Å²) in [5.41, 5.74) is 0.617. The van der Waals surface area contributed by atoms with E-state index >= 15 is 0 Å². The molecule has 7 heteroatoms. The van der Waals surface area contributed by atoms with Crippen molar-refractivity contribution in [1.29, 1.82) is 0 Å². The van der Waals surface area contributed by atoms with E-state index in [2.05, 4.69) is 0 Å². The molecule has 126 valence electrons. The van der Waals surface area contributed by atoms with Crippen LogP contribution in [0.2, 0.25) is 0 Å². The summed E-state index contributed by atoms with van der Waals surface area (Å²) >= 11 is 0. The standard InChI is InChI=1S/C15H12N2O4S.C2H6/c1-11-10-13-14(8-5-9-15(13)17(18)19)16(11)22(20,21)12-6-3-2-4-7-12;1-2/h2-10H,1H3;1-2H3. The number of fused-ring (bicyclic) bond motifs is 1. The molecular weight excluding hydrogens is 328 g/mol. The molecule has 1 aromatic heterocycles. The van der Waals surface area contributed by atoms with Crippen molar-refractivity contribution in [3.05, 3.63) is 70.4 Å². The highest BCUT2D eigenvalue weighted by Gasteiger charge is 2.24. The first kappa shape index (κ1) is 17.7. The summed E-state index contributed by atoms with van der Waals surface area (Å²) in [6.07, 6.45) is 0. The molecule has 3 rings (SSSR count). The third-order valence-corrected chi connectivity index (χ3v) is 5.26. The molecule has 0 aliphatic carbocycles. The van der Waals surface area contributed by atoms with Crippen LogP contribution in [0.15, 0.2) is 59.5 Å². The van der Waals surface area contributed by atoms with Gasteiger partial charge in [0.1, 0.15) is 0 Å². The molecule has 0 aliphatic heterocycles. The number of nitro groups is 1. The maximum absolute atomic E-state index is 12.8. The molecule has 24 heavy (non-hydrogen) atoms. The van der Waals surface area contributed by atoms with Gasteiger partial charge in [0.25, 0.3) is 15.7 Å². The summed E-state index contributed by atoms with van der Waals surface area (Å²) in [7, 11) is -3.80. The molecule has 3 aromatic rings. The van der Waals surface area contributed by atoms with Crippen molar-refractivity contribution in [3.8, 4) is 0 Å². The Hall–Kier alpha value is -2.67. The molecule has 0 unspecified atom stereocenters. The Balaban J connectivity index is 0.00000100. The van der Waals surface area contributed by atoms with E-state index < -0.39 is 14.9 Å². The molecule has 0 fully saturated rings. The molecule has 2 aromatic carbocycles. The first-order valence-corrected chi connectivity index (χ1v) is 8.93. The fourth-order valence-electron chi connectivity index (χ4n) is 2.50. The van der Waals surface area contributed by atoms with Crippen LogP contribution in [0.4, 0.5) is 5.69 Å². The van der Waals surface area contributed by atoms with Gasteiger partial charge in [-0.3, -0.25) is 10.1 Å². The van der Waals surface area contributed by atoms with Gasteiger partial charge >= 0.3 is 0 Å². The van der Waals surface area contributed by atoms with Crippen LogP contribution in [-0.4, -0.2) is 17.3 Å². The van der Waals surface area contributed by atoms with E-state index in [-0.39, 0.29) is 10.6 Å². The van der Waals surface area contributed by atoms with Gasteiger partial charge in [0, 0.05) is 11.8 Å². The zero-order valence-corrected chi connectivity index (χ0v) is 14.4. The second-order valence-corrected chi connectivity index (χ2v) is 6.62. The molecule has 0 spiro atoms. The van der Waals surface area contributed by atoms with E-state index in [9.17, 15) is 18.5 Å². The lowest BCUT2D eigenvalue weighted by molar-refractivity contribution is -0.383. The average molecular weight is 346 g/mol. The lowest BCUT2D eigenvalue weighted by atomic mass is 10.2. The number of aromatic nitrogens is 1. The Morgan fingerprint density at radius 1 is 1.00 bits per heavy atom. The van der Waals surface area contributed by atoms with Crippen LogP contribution in [0.25, 0.3) is 10.9 Å². The summed E-state index contributed by atoms with van der Waals surface area (Å²) in [5.74, 6) is 0. The Morgan fingerprint density at radius 3 is 2.21 bits per heavy atom. The molecule has 0 saturated carbocycles. The van der Waals surface area contributed by atoms with E-state index in [0.717, 1.165) is 3.97 Å². The largest absolute Gasteiger partial charge is 0.278 e. The van der Waals surface area contributed by atoms with Crippen molar-refractivity contribution in [2.75, 3.05) is 0 Å². The maximum Gasteiger partial charge on any atom is 0.278 e. The third kappa shape index (κ3) is 2.90. The van der Waals surface area contributed by atoms with Crippen LogP contribution >= 0.6 is 0 Å². The number of nitrogens with zero attached hydrogens (tertiary/aromatic N) is 2. The van der Waals surface area contributed by atoms with Gasteiger partial charge in [0.2, 0.25) is 0 Å². The van der Waals surface area contributed by atoms with E-state index in [4.69, 9.17) is 0 Å². The van der Waals surface area contributed by atoms with Gasteiger partial charge in [-0.1, -0.05) is 38.1 Å². The molecule has 0 radical (unpaired) electrons. The number of hydrogen-bond donors (Lipinski definition) is 0. The lowest BCUT2D eigenvalue weighted by Gasteiger charge is -2.09. The second kappa shape index (κ2) is 6.84. The molecule has 0 aliphatic rings. The summed E-state index contributed by atoms with van der Waals surface area (Å²) in [6, 6.07) is 13.9. The highest BCUT2D eigenvalue weighted by atomic mass is 32.2. The van der Waals surface area contributed by atoms with Crippen LogP contribution in [0, 0.1) is 17.0 Å². The van der Waals surface area contributed by atoms with Crippen molar-refractivity contribution >= 4 is 26.6 Å². The predicted molar refractivity (Wildman–Crippen MR) is 93.7 cm³/mol. The van der Waals surface area contributed by atoms with Crippen LogP contribution in [-0.2, 0) is 10.0 Å². The van der Waals surface area contributed by atoms with Gasteiger partial charge in [-0.25, -0.2) is 12.4 Å². The van der Waals surface area contributed by atoms with Crippen LogP contribution < -0.4 is 0 Å². The van der Waals surface area contributed by atoms with Crippen LogP contribution in [0.5, 0.6) is 0 Å². The van der Waals surface area contributed by atoms with Gasteiger partial charge in [-0.2, -0.15) is 0 Å². The summed E-state index contributed by atoms with van der Waals surface area (Å²) in [6.45, 7) is 5.62. The lowest BCUT2D eigenvalue weighted by Crippen LogP contribution is -2.14. The number of rotatable bonds is 3. The molecule has 1 heterocycles. The van der Waals surface area contributed by atoms with Gasteiger partial charge in [-0.05, 0) is 31.2 Å². The van der Waals surface area contributed by atoms with E-state index in [1.54, 1.807) is 31.2 Å². The Labute approximate surface area is 140 Å². The predicted octanol–water partition coefficient (Wildman–Crippen LogP) is 4.12. The monoisotopic (exact) mass is 346 g/mol. The van der Waals surface area contributed by atoms with Gasteiger partial charge < -0.3 is 0 Å². The van der Waals surface area contributed by atoms with Crippen molar-refractivity contribution in [1.82, 2.24) is 3.97 Å². The number of nitro benzene ring substituents is 1. The van der Waals surface area contributed by atoms with Gasteiger partial charge in [0.15, 0.2) is 0 Å². The molecule has 0 amide bonds. The maximum atomic E-state index is 12.8. The number of hydrogen-bond acceptors (Lipinski definition) is 4. The summed E-state index contributed by atoms with van der Waals surface area (Å²) < 4.78 is 26.8. The molecular formula is C17H18N2O4S. The average Bonchev–Trinajstić information content (AvgIpc) is 2.93. The highest BCUT2D eigenvalue weighted by Crippen LogP contribution is 2.31. The van der Waals surface area contributed by atoms with E-state index in [1.165, 1.54) is 30.3 Å².